The third-order valence-corrected chi connectivity index (χ3v) is 4.90. The fourth-order valence-electron chi connectivity index (χ4n) is 2.70. The van der Waals surface area contributed by atoms with E-state index in [0.717, 1.165) is 27.0 Å². The molecule has 8 heteroatoms. The molecule has 0 amide bonds. The van der Waals surface area contributed by atoms with Crippen LogP contribution in [0, 0.1) is 0 Å². The van der Waals surface area contributed by atoms with Crippen LogP contribution >= 0.6 is 11.8 Å². The van der Waals surface area contributed by atoms with Crippen LogP contribution in [0.25, 0.3) is 0 Å². The largest absolute Gasteiger partial charge is 0.384 e. The van der Waals surface area contributed by atoms with E-state index in [0.29, 0.717) is 12.3 Å². The Morgan fingerprint density at radius 2 is 1.96 bits per heavy atom. The van der Waals surface area contributed by atoms with Crippen LogP contribution in [-0.2, 0) is 4.74 Å². The quantitative estimate of drug-likeness (QED) is 0.766. The van der Waals surface area contributed by atoms with Crippen molar-refractivity contribution in [1.29, 1.82) is 0 Å². The standard InChI is InChI=1S/C17H15N5O2S/c1-24-10-22-13-6-11(15(23)12-7-18-9-19-8-12)2-3-14(13)25-17-16(22)20-4-5-21-17/h2-9,15,23H,10H2,1H3. The number of nitrogens with zero attached hydrogens (tertiary/aromatic N) is 5. The van der Waals surface area contributed by atoms with E-state index in [2.05, 4.69) is 19.9 Å². The van der Waals surface area contributed by atoms with Crippen molar-refractivity contribution in [2.45, 2.75) is 16.0 Å². The van der Waals surface area contributed by atoms with Crippen LogP contribution < -0.4 is 4.90 Å². The molecule has 3 heterocycles. The van der Waals surface area contributed by atoms with Crippen LogP contribution in [0.4, 0.5) is 11.5 Å². The van der Waals surface area contributed by atoms with Gasteiger partial charge in [-0.25, -0.2) is 19.9 Å². The van der Waals surface area contributed by atoms with Gasteiger partial charge in [-0.1, -0.05) is 17.8 Å². The fraction of sp³-hybridized carbons (Fsp3) is 0.176. The van der Waals surface area contributed by atoms with Crippen LogP contribution in [0.2, 0.25) is 0 Å². The predicted octanol–water partition coefficient (Wildman–Crippen LogP) is 2.55. The number of aliphatic hydroxyl groups excluding tert-OH is 1. The summed E-state index contributed by atoms with van der Waals surface area (Å²) in [6, 6.07) is 5.81. The van der Waals surface area contributed by atoms with Crippen LogP contribution in [0.5, 0.6) is 0 Å². The van der Waals surface area contributed by atoms with Gasteiger partial charge in [0.25, 0.3) is 0 Å². The number of methoxy groups -OCH3 is 1. The Morgan fingerprint density at radius 3 is 2.76 bits per heavy atom. The molecule has 0 saturated carbocycles. The second kappa shape index (κ2) is 6.75. The summed E-state index contributed by atoms with van der Waals surface area (Å²) in [5.41, 5.74) is 2.32. The maximum Gasteiger partial charge on any atom is 0.168 e. The molecule has 126 valence electrons. The molecule has 1 aromatic carbocycles. The molecule has 1 atom stereocenters. The van der Waals surface area contributed by atoms with Crippen LogP contribution in [-0.4, -0.2) is 38.9 Å². The number of ether oxygens (including phenoxy) is 1. The molecule has 0 radical (unpaired) electrons. The van der Waals surface area contributed by atoms with Crippen LogP contribution in [0.15, 0.2) is 59.2 Å². The minimum atomic E-state index is -0.802. The average molecular weight is 353 g/mol. The third kappa shape index (κ3) is 2.95. The van der Waals surface area contributed by atoms with Gasteiger partial charge < -0.3 is 9.84 Å². The van der Waals surface area contributed by atoms with Crippen LogP contribution in [0.3, 0.4) is 0 Å². The zero-order valence-electron chi connectivity index (χ0n) is 13.4. The Hall–Kier alpha value is -2.55. The molecule has 3 aromatic rings. The second-order valence-electron chi connectivity index (χ2n) is 5.43. The Labute approximate surface area is 148 Å². The van der Waals surface area contributed by atoms with Crippen molar-refractivity contribution in [2.24, 2.45) is 0 Å². The Kier molecular flexibility index (Phi) is 4.31. The highest BCUT2D eigenvalue weighted by Crippen LogP contribution is 2.46. The van der Waals surface area contributed by atoms with Crippen LogP contribution in [0.1, 0.15) is 17.2 Å². The lowest BCUT2D eigenvalue weighted by Crippen LogP contribution is -2.24. The van der Waals surface area contributed by atoms with Crippen molar-refractivity contribution in [3.05, 3.63) is 60.4 Å². The maximum absolute atomic E-state index is 10.6. The number of hydrogen-bond donors (Lipinski definition) is 1. The zero-order valence-corrected chi connectivity index (χ0v) is 14.2. The Balaban J connectivity index is 1.76. The van der Waals surface area contributed by atoms with E-state index >= 15 is 0 Å². The number of hydrogen-bond acceptors (Lipinski definition) is 8. The van der Waals surface area contributed by atoms with E-state index < -0.39 is 6.10 Å². The van der Waals surface area contributed by atoms with Gasteiger partial charge in [-0.15, -0.1) is 0 Å². The monoisotopic (exact) mass is 353 g/mol. The summed E-state index contributed by atoms with van der Waals surface area (Å²) in [5.74, 6) is 0.747. The van der Waals surface area contributed by atoms with E-state index in [9.17, 15) is 5.11 Å². The third-order valence-electron chi connectivity index (χ3n) is 3.85. The molecular weight excluding hydrogens is 338 g/mol. The molecule has 7 nitrogen and oxygen atoms in total. The molecule has 1 aliphatic heterocycles. The van der Waals surface area contributed by atoms with E-state index in [4.69, 9.17) is 4.74 Å². The topological polar surface area (TPSA) is 84.3 Å². The van der Waals surface area contributed by atoms with E-state index in [-0.39, 0.29) is 0 Å². The second-order valence-corrected chi connectivity index (χ2v) is 6.47. The van der Waals surface area contributed by atoms with Crippen molar-refractivity contribution in [3.8, 4) is 0 Å². The normalized spacial score (nSPS) is 13.9. The van der Waals surface area contributed by atoms with Gasteiger partial charge in [0.05, 0.1) is 5.69 Å². The van der Waals surface area contributed by atoms with Crippen molar-refractivity contribution < 1.29 is 9.84 Å². The van der Waals surface area contributed by atoms with Gasteiger partial charge in [0.15, 0.2) is 5.82 Å². The lowest BCUT2D eigenvalue weighted by molar-refractivity contribution is 0.204. The molecule has 1 N–H and O–H groups in total. The smallest absolute Gasteiger partial charge is 0.168 e. The number of aliphatic hydroxyl groups is 1. The fourth-order valence-corrected chi connectivity index (χ4v) is 3.68. The highest BCUT2D eigenvalue weighted by Gasteiger charge is 2.26. The number of rotatable bonds is 4. The SMILES string of the molecule is COCN1c2cc(C(O)c3cncnc3)ccc2Sc2nccnc21. The Bertz CT molecular complexity index is 893. The van der Waals surface area contributed by atoms with Crippen molar-refractivity contribution in [3.63, 3.8) is 0 Å². The number of fused-ring (bicyclic) bond motifs is 2. The van der Waals surface area contributed by atoms with Gasteiger partial charge in [-0.3, -0.25) is 4.90 Å². The molecule has 0 fully saturated rings. The Morgan fingerprint density at radius 1 is 1.16 bits per heavy atom. The summed E-state index contributed by atoms with van der Waals surface area (Å²) in [6.45, 7) is 0.341. The first kappa shape index (κ1) is 15.9. The minimum absolute atomic E-state index is 0.341. The van der Waals surface area contributed by atoms with Gasteiger partial charge in [-0.05, 0) is 17.7 Å². The number of aromatic nitrogens is 4. The first-order chi connectivity index (χ1) is 12.3. The molecular formula is C17H15N5O2S. The van der Waals surface area contributed by atoms with E-state index in [1.54, 1.807) is 43.7 Å². The zero-order chi connectivity index (χ0) is 17.2. The number of anilines is 2. The molecule has 0 saturated heterocycles. The predicted molar refractivity (Wildman–Crippen MR) is 92.7 cm³/mol. The summed E-state index contributed by atoms with van der Waals surface area (Å²) in [4.78, 5) is 19.7. The van der Waals surface area contributed by atoms with E-state index in [1.807, 2.05) is 23.1 Å². The molecule has 0 spiro atoms. The van der Waals surface area contributed by atoms with Gasteiger partial charge in [-0.2, -0.15) is 0 Å². The molecule has 25 heavy (non-hydrogen) atoms. The van der Waals surface area contributed by atoms with E-state index in [1.165, 1.54) is 6.33 Å². The molecule has 1 unspecified atom stereocenters. The number of benzene rings is 1. The lowest BCUT2D eigenvalue weighted by atomic mass is 10.0. The van der Waals surface area contributed by atoms with Crippen molar-refractivity contribution in [1.82, 2.24) is 19.9 Å². The molecule has 2 aromatic heterocycles. The maximum atomic E-state index is 10.6. The molecule has 0 bridgehead atoms. The van der Waals surface area contributed by atoms with Gasteiger partial charge in [0.1, 0.15) is 24.2 Å². The average Bonchev–Trinajstić information content (AvgIpc) is 2.68. The minimum Gasteiger partial charge on any atom is -0.384 e. The molecule has 4 rings (SSSR count). The highest BCUT2D eigenvalue weighted by molar-refractivity contribution is 7.99. The first-order valence-corrected chi connectivity index (χ1v) is 8.42. The van der Waals surface area contributed by atoms with Gasteiger partial charge in [0.2, 0.25) is 0 Å². The highest BCUT2D eigenvalue weighted by atomic mass is 32.2. The van der Waals surface area contributed by atoms with Gasteiger partial charge in [0, 0.05) is 42.4 Å². The summed E-state index contributed by atoms with van der Waals surface area (Å²) in [5, 5.41) is 11.5. The summed E-state index contributed by atoms with van der Waals surface area (Å²) < 4.78 is 5.35. The lowest BCUT2D eigenvalue weighted by Gasteiger charge is -2.30. The van der Waals surface area contributed by atoms with Crippen molar-refractivity contribution in [2.75, 3.05) is 18.7 Å². The summed E-state index contributed by atoms with van der Waals surface area (Å²) >= 11 is 1.55. The van der Waals surface area contributed by atoms with Crippen molar-refractivity contribution >= 4 is 23.3 Å². The molecule has 1 aliphatic rings. The first-order valence-electron chi connectivity index (χ1n) is 7.60. The molecule has 0 aliphatic carbocycles. The summed E-state index contributed by atoms with van der Waals surface area (Å²) in [7, 11) is 1.64. The summed E-state index contributed by atoms with van der Waals surface area (Å²) in [6.07, 6.45) is 7.20. The van der Waals surface area contributed by atoms with Gasteiger partial charge >= 0.3 is 0 Å².